The summed E-state index contributed by atoms with van der Waals surface area (Å²) >= 11 is 0. The Labute approximate surface area is 140 Å². The van der Waals surface area contributed by atoms with Crippen molar-refractivity contribution in [1.29, 1.82) is 0 Å². The lowest BCUT2D eigenvalue weighted by Crippen LogP contribution is -2.27. The van der Waals surface area contributed by atoms with Crippen LogP contribution in [0.2, 0.25) is 0 Å². The summed E-state index contributed by atoms with van der Waals surface area (Å²) in [7, 11) is 3.22. The molecule has 124 valence electrons. The maximum atomic E-state index is 12.5. The van der Waals surface area contributed by atoms with Crippen molar-refractivity contribution in [1.82, 2.24) is 14.7 Å². The summed E-state index contributed by atoms with van der Waals surface area (Å²) in [6.07, 6.45) is 1.90. The minimum absolute atomic E-state index is 0.221. The van der Waals surface area contributed by atoms with Crippen LogP contribution in [0, 0.1) is 0 Å². The molecule has 0 radical (unpaired) electrons. The number of aromatic nitrogens is 2. The van der Waals surface area contributed by atoms with Gasteiger partial charge in [0.05, 0.1) is 19.4 Å². The van der Waals surface area contributed by atoms with E-state index < -0.39 is 0 Å². The third-order valence-corrected chi connectivity index (χ3v) is 3.70. The highest BCUT2D eigenvalue weighted by molar-refractivity contribution is 5.99. The highest BCUT2D eigenvalue weighted by Gasteiger charge is 2.19. The second-order valence-electron chi connectivity index (χ2n) is 5.22. The van der Waals surface area contributed by atoms with Crippen molar-refractivity contribution < 1.29 is 14.3 Å². The van der Waals surface area contributed by atoms with Crippen LogP contribution < -0.4 is 10.1 Å². The molecule has 2 heterocycles. The summed E-state index contributed by atoms with van der Waals surface area (Å²) in [6.45, 7) is 0.891. The highest BCUT2D eigenvalue weighted by Crippen LogP contribution is 2.27. The predicted molar refractivity (Wildman–Crippen MR) is 91.4 cm³/mol. The van der Waals surface area contributed by atoms with Crippen molar-refractivity contribution in [2.24, 2.45) is 0 Å². The summed E-state index contributed by atoms with van der Waals surface area (Å²) in [5.41, 5.74) is 2.76. The molecular formula is C18H19N3O3. The molecule has 0 aliphatic rings. The van der Waals surface area contributed by atoms with Crippen LogP contribution in [-0.2, 0) is 4.74 Å². The smallest absolute Gasteiger partial charge is 0.272 e. The molecule has 2 aromatic heterocycles. The number of fused-ring (bicyclic) bond motifs is 1. The van der Waals surface area contributed by atoms with Crippen molar-refractivity contribution >= 4 is 11.6 Å². The summed E-state index contributed by atoms with van der Waals surface area (Å²) < 4.78 is 12.1. The van der Waals surface area contributed by atoms with Gasteiger partial charge in [0, 0.05) is 25.4 Å². The Hall–Kier alpha value is -2.86. The lowest BCUT2D eigenvalue weighted by atomic mass is 10.1. The molecule has 0 atom stereocenters. The number of ether oxygens (including phenoxy) is 2. The Kier molecular flexibility index (Phi) is 4.77. The zero-order valence-electron chi connectivity index (χ0n) is 13.7. The van der Waals surface area contributed by atoms with E-state index in [9.17, 15) is 4.79 Å². The number of nitrogens with one attached hydrogen (secondary N) is 1. The van der Waals surface area contributed by atoms with Gasteiger partial charge >= 0.3 is 0 Å². The van der Waals surface area contributed by atoms with E-state index >= 15 is 0 Å². The Morgan fingerprint density at radius 2 is 1.96 bits per heavy atom. The largest absolute Gasteiger partial charge is 0.497 e. The van der Waals surface area contributed by atoms with Gasteiger partial charge in [-0.25, -0.2) is 4.98 Å². The molecule has 0 aliphatic carbocycles. The van der Waals surface area contributed by atoms with Crippen molar-refractivity contribution in [3.05, 3.63) is 54.4 Å². The lowest BCUT2D eigenvalue weighted by molar-refractivity contribution is 0.0933. The quantitative estimate of drug-likeness (QED) is 0.707. The first-order valence-corrected chi connectivity index (χ1v) is 7.63. The van der Waals surface area contributed by atoms with E-state index in [2.05, 4.69) is 10.3 Å². The second kappa shape index (κ2) is 7.14. The summed E-state index contributed by atoms with van der Waals surface area (Å²) in [5, 5.41) is 2.83. The molecule has 0 fully saturated rings. The van der Waals surface area contributed by atoms with E-state index in [1.165, 1.54) is 0 Å². The van der Waals surface area contributed by atoms with Gasteiger partial charge in [0.25, 0.3) is 5.91 Å². The Balaban J connectivity index is 2.06. The van der Waals surface area contributed by atoms with Crippen LogP contribution in [0.25, 0.3) is 16.9 Å². The number of pyridine rings is 1. The van der Waals surface area contributed by atoms with Crippen molar-refractivity contribution in [3.8, 4) is 17.0 Å². The minimum atomic E-state index is -0.221. The maximum absolute atomic E-state index is 12.5. The number of methoxy groups -OCH3 is 2. The van der Waals surface area contributed by atoms with Gasteiger partial charge in [0.15, 0.2) is 5.69 Å². The average Bonchev–Trinajstić information content (AvgIpc) is 3.01. The molecule has 6 heteroatoms. The predicted octanol–water partition coefficient (Wildman–Crippen LogP) is 2.39. The van der Waals surface area contributed by atoms with Crippen LogP contribution in [0.5, 0.6) is 5.75 Å². The van der Waals surface area contributed by atoms with E-state index in [0.717, 1.165) is 22.7 Å². The molecule has 3 aromatic rings. The molecule has 1 N–H and O–H groups in total. The van der Waals surface area contributed by atoms with Gasteiger partial charge in [-0.2, -0.15) is 0 Å². The third kappa shape index (κ3) is 3.09. The second-order valence-corrected chi connectivity index (χ2v) is 5.22. The van der Waals surface area contributed by atoms with Gasteiger partial charge in [-0.3, -0.25) is 9.20 Å². The monoisotopic (exact) mass is 325 g/mol. The van der Waals surface area contributed by atoms with Gasteiger partial charge in [-0.05, 0) is 36.4 Å². The van der Waals surface area contributed by atoms with E-state index in [0.29, 0.717) is 18.8 Å². The number of imidazole rings is 1. The van der Waals surface area contributed by atoms with Crippen LogP contribution in [0.4, 0.5) is 0 Å². The van der Waals surface area contributed by atoms with Crippen LogP contribution in [-0.4, -0.2) is 42.7 Å². The number of carbonyl (C=O) groups is 1. The number of benzene rings is 1. The molecular weight excluding hydrogens is 306 g/mol. The van der Waals surface area contributed by atoms with Gasteiger partial charge in [-0.15, -0.1) is 0 Å². The van der Waals surface area contributed by atoms with Gasteiger partial charge in [-0.1, -0.05) is 6.07 Å². The first-order chi connectivity index (χ1) is 11.7. The first kappa shape index (κ1) is 16.0. The van der Waals surface area contributed by atoms with Crippen molar-refractivity contribution in [2.45, 2.75) is 0 Å². The minimum Gasteiger partial charge on any atom is -0.497 e. The SMILES string of the molecule is COCCNC(=O)c1nc2ccccn2c1-c1ccc(OC)cc1. The fraction of sp³-hybridized carbons (Fsp3) is 0.222. The fourth-order valence-corrected chi connectivity index (χ4v) is 2.53. The zero-order chi connectivity index (χ0) is 16.9. The molecule has 0 spiro atoms. The lowest BCUT2D eigenvalue weighted by Gasteiger charge is -2.07. The van der Waals surface area contributed by atoms with E-state index in [-0.39, 0.29) is 5.91 Å². The number of carbonyl (C=O) groups excluding carboxylic acids is 1. The molecule has 0 saturated heterocycles. The third-order valence-electron chi connectivity index (χ3n) is 3.70. The number of rotatable bonds is 6. The van der Waals surface area contributed by atoms with E-state index in [1.54, 1.807) is 14.2 Å². The molecule has 0 unspecified atom stereocenters. The number of amides is 1. The van der Waals surface area contributed by atoms with Gasteiger partial charge < -0.3 is 14.8 Å². The molecule has 24 heavy (non-hydrogen) atoms. The number of nitrogens with zero attached hydrogens (tertiary/aromatic N) is 2. The standard InChI is InChI=1S/C18H19N3O3/c1-23-12-10-19-18(22)16-17(13-6-8-14(24-2)9-7-13)21-11-4-3-5-15(21)20-16/h3-9,11H,10,12H2,1-2H3,(H,19,22). The molecule has 0 aliphatic heterocycles. The normalized spacial score (nSPS) is 10.8. The maximum Gasteiger partial charge on any atom is 0.272 e. The number of hydrogen-bond acceptors (Lipinski definition) is 4. The van der Waals surface area contributed by atoms with Crippen LogP contribution in [0.15, 0.2) is 48.7 Å². The fourth-order valence-electron chi connectivity index (χ4n) is 2.53. The van der Waals surface area contributed by atoms with Crippen LogP contribution in [0.3, 0.4) is 0 Å². The van der Waals surface area contributed by atoms with Gasteiger partial charge in [0.2, 0.25) is 0 Å². The van der Waals surface area contributed by atoms with Crippen LogP contribution >= 0.6 is 0 Å². The van der Waals surface area contributed by atoms with Crippen molar-refractivity contribution in [2.75, 3.05) is 27.4 Å². The molecule has 3 rings (SSSR count). The zero-order valence-corrected chi connectivity index (χ0v) is 13.7. The van der Waals surface area contributed by atoms with Gasteiger partial charge in [0.1, 0.15) is 11.4 Å². The topological polar surface area (TPSA) is 64.9 Å². The highest BCUT2D eigenvalue weighted by atomic mass is 16.5. The van der Waals surface area contributed by atoms with E-state index in [1.807, 2.05) is 53.1 Å². The molecule has 1 amide bonds. The Morgan fingerprint density at radius 1 is 1.17 bits per heavy atom. The van der Waals surface area contributed by atoms with Crippen molar-refractivity contribution in [3.63, 3.8) is 0 Å². The summed E-state index contributed by atoms with van der Waals surface area (Å²) in [5.74, 6) is 0.542. The summed E-state index contributed by atoms with van der Waals surface area (Å²) in [4.78, 5) is 17.0. The first-order valence-electron chi connectivity index (χ1n) is 7.63. The average molecular weight is 325 g/mol. The van der Waals surface area contributed by atoms with Crippen LogP contribution in [0.1, 0.15) is 10.5 Å². The van der Waals surface area contributed by atoms with E-state index in [4.69, 9.17) is 9.47 Å². The Morgan fingerprint density at radius 3 is 2.67 bits per heavy atom. The summed E-state index contributed by atoms with van der Waals surface area (Å²) in [6, 6.07) is 13.2. The Bertz CT molecular complexity index is 840. The molecule has 0 saturated carbocycles. The number of hydrogen-bond donors (Lipinski definition) is 1. The molecule has 1 aromatic carbocycles. The molecule has 6 nitrogen and oxygen atoms in total. The molecule has 0 bridgehead atoms.